The lowest BCUT2D eigenvalue weighted by Crippen LogP contribution is -2.32. The maximum absolute atomic E-state index is 11.5. The minimum Gasteiger partial charge on any atom is -0.494 e. The van der Waals surface area contributed by atoms with E-state index < -0.39 is 23.1 Å². The van der Waals surface area contributed by atoms with Crippen molar-refractivity contribution in [2.75, 3.05) is 6.61 Å². The Hall–Kier alpha value is -2.05. The van der Waals surface area contributed by atoms with Gasteiger partial charge in [0.15, 0.2) is 0 Å². The first-order valence-electron chi connectivity index (χ1n) is 5.71. The minimum absolute atomic E-state index is 0.0344. The van der Waals surface area contributed by atoms with Crippen LogP contribution in [0.4, 0.5) is 0 Å². The molecule has 0 unspecified atom stereocenters. The summed E-state index contributed by atoms with van der Waals surface area (Å²) in [6.07, 6.45) is 0.247. The molecule has 0 fully saturated rings. The number of aromatic nitrogens is 2. The first-order valence-corrected chi connectivity index (χ1v) is 5.71. The lowest BCUT2D eigenvalue weighted by atomic mass is 10.2. The molecular formula is C11H16N2O5. The van der Waals surface area contributed by atoms with Gasteiger partial charge in [-0.3, -0.25) is 19.1 Å². The van der Waals surface area contributed by atoms with Gasteiger partial charge < -0.3 is 9.84 Å². The molecule has 0 atom stereocenters. The zero-order valence-corrected chi connectivity index (χ0v) is 10.4. The number of hydrogen-bond acceptors (Lipinski definition) is 5. The predicted molar refractivity (Wildman–Crippen MR) is 63.6 cm³/mol. The summed E-state index contributed by atoms with van der Waals surface area (Å²) in [5.41, 5.74) is -1.22. The maximum atomic E-state index is 11.5. The molecule has 100 valence electrons. The van der Waals surface area contributed by atoms with Crippen LogP contribution < -0.4 is 11.2 Å². The Labute approximate surface area is 103 Å². The Balaban J connectivity index is 2.99. The lowest BCUT2D eigenvalue weighted by molar-refractivity contribution is -0.143. The van der Waals surface area contributed by atoms with Gasteiger partial charge in [0.05, 0.1) is 18.6 Å². The van der Waals surface area contributed by atoms with Crippen molar-refractivity contribution in [3.8, 4) is 5.88 Å². The quantitative estimate of drug-likeness (QED) is 0.708. The van der Waals surface area contributed by atoms with Gasteiger partial charge in [-0.1, -0.05) is 6.92 Å². The van der Waals surface area contributed by atoms with E-state index in [9.17, 15) is 19.5 Å². The summed E-state index contributed by atoms with van der Waals surface area (Å²) in [5, 5.41) is 9.78. The second kappa shape index (κ2) is 6.04. The SMILES string of the molecule is CCOC(=O)CCn1c(O)c(CC)c(=O)[nH]c1=O. The van der Waals surface area contributed by atoms with Crippen molar-refractivity contribution < 1.29 is 14.6 Å². The normalized spacial score (nSPS) is 10.3. The van der Waals surface area contributed by atoms with Gasteiger partial charge in [-0.25, -0.2) is 4.79 Å². The van der Waals surface area contributed by atoms with Crippen molar-refractivity contribution in [3.63, 3.8) is 0 Å². The van der Waals surface area contributed by atoms with Gasteiger partial charge in [0.2, 0.25) is 5.88 Å². The Bertz CT molecular complexity index is 543. The molecule has 0 amide bonds. The topological polar surface area (TPSA) is 101 Å². The molecule has 1 aromatic rings. The van der Waals surface area contributed by atoms with E-state index in [1.807, 2.05) is 0 Å². The van der Waals surface area contributed by atoms with Crippen LogP contribution in [0, 0.1) is 0 Å². The van der Waals surface area contributed by atoms with Gasteiger partial charge in [0, 0.05) is 6.54 Å². The molecule has 2 N–H and O–H groups in total. The molecule has 18 heavy (non-hydrogen) atoms. The van der Waals surface area contributed by atoms with Crippen LogP contribution in [-0.4, -0.2) is 27.2 Å². The van der Waals surface area contributed by atoms with Crippen LogP contribution in [0.3, 0.4) is 0 Å². The first kappa shape index (κ1) is 14.0. The zero-order valence-electron chi connectivity index (χ0n) is 10.4. The molecule has 0 aliphatic carbocycles. The number of nitrogens with zero attached hydrogens (tertiary/aromatic N) is 1. The summed E-state index contributed by atoms with van der Waals surface area (Å²) in [6, 6.07) is 0. The Morgan fingerprint density at radius 3 is 2.61 bits per heavy atom. The van der Waals surface area contributed by atoms with Crippen LogP contribution in [0.1, 0.15) is 25.8 Å². The molecule has 0 spiro atoms. The molecule has 0 aliphatic heterocycles. The fraction of sp³-hybridized carbons (Fsp3) is 0.545. The number of carbonyl (C=O) groups is 1. The van der Waals surface area contributed by atoms with Crippen LogP contribution in [-0.2, 0) is 22.5 Å². The summed E-state index contributed by atoms with van der Waals surface area (Å²) >= 11 is 0. The van der Waals surface area contributed by atoms with Gasteiger partial charge in [-0.15, -0.1) is 0 Å². The van der Waals surface area contributed by atoms with E-state index in [-0.39, 0.29) is 25.1 Å². The average Bonchev–Trinajstić information content (AvgIpc) is 2.29. The Morgan fingerprint density at radius 2 is 2.06 bits per heavy atom. The molecule has 0 aliphatic rings. The van der Waals surface area contributed by atoms with Crippen LogP contribution in [0.15, 0.2) is 9.59 Å². The molecule has 0 bridgehead atoms. The van der Waals surface area contributed by atoms with E-state index in [4.69, 9.17) is 4.74 Å². The molecule has 1 aromatic heterocycles. The van der Waals surface area contributed by atoms with E-state index in [0.717, 1.165) is 4.57 Å². The van der Waals surface area contributed by atoms with Gasteiger partial charge >= 0.3 is 11.7 Å². The van der Waals surface area contributed by atoms with Crippen molar-refractivity contribution in [1.82, 2.24) is 9.55 Å². The van der Waals surface area contributed by atoms with E-state index in [2.05, 4.69) is 4.98 Å². The van der Waals surface area contributed by atoms with Crippen molar-refractivity contribution in [2.45, 2.75) is 33.2 Å². The number of aromatic amines is 1. The number of H-pyrrole nitrogens is 1. The van der Waals surface area contributed by atoms with Crippen molar-refractivity contribution in [3.05, 3.63) is 26.4 Å². The molecule has 0 aromatic carbocycles. The standard InChI is InChI=1S/C11H16N2O5/c1-3-7-9(15)12-11(17)13(10(7)16)6-5-8(14)18-4-2/h16H,3-6H2,1-2H3,(H,12,15,17). The summed E-state index contributed by atoms with van der Waals surface area (Å²) < 4.78 is 5.67. The molecule has 1 rings (SSSR count). The number of esters is 1. The van der Waals surface area contributed by atoms with Crippen molar-refractivity contribution in [2.24, 2.45) is 0 Å². The van der Waals surface area contributed by atoms with E-state index in [0.29, 0.717) is 6.42 Å². The number of aromatic hydroxyl groups is 1. The number of carbonyl (C=O) groups excluding carboxylic acids is 1. The fourth-order valence-electron chi connectivity index (χ4n) is 1.56. The first-order chi connectivity index (χ1) is 8.51. The number of ether oxygens (including phenoxy) is 1. The third kappa shape index (κ3) is 2.99. The highest BCUT2D eigenvalue weighted by atomic mass is 16.5. The zero-order chi connectivity index (χ0) is 13.7. The predicted octanol–water partition coefficient (Wildman–Crippen LogP) is -0.242. The lowest BCUT2D eigenvalue weighted by Gasteiger charge is -2.09. The molecular weight excluding hydrogens is 240 g/mol. The smallest absolute Gasteiger partial charge is 0.331 e. The van der Waals surface area contributed by atoms with Crippen LogP contribution >= 0.6 is 0 Å². The summed E-state index contributed by atoms with van der Waals surface area (Å²) in [7, 11) is 0. The Kier molecular flexibility index (Phi) is 4.70. The highest BCUT2D eigenvalue weighted by Crippen LogP contribution is 2.10. The van der Waals surface area contributed by atoms with Gasteiger partial charge in [-0.2, -0.15) is 0 Å². The number of hydrogen-bond donors (Lipinski definition) is 2. The molecule has 7 heteroatoms. The maximum Gasteiger partial charge on any atom is 0.331 e. The van der Waals surface area contributed by atoms with Crippen LogP contribution in [0.2, 0.25) is 0 Å². The summed E-state index contributed by atoms with van der Waals surface area (Å²) in [4.78, 5) is 36.1. The third-order valence-corrected chi connectivity index (χ3v) is 2.46. The van der Waals surface area contributed by atoms with Crippen LogP contribution in [0.25, 0.3) is 0 Å². The third-order valence-electron chi connectivity index (χ3n) is 2.46. The van der Waals surface area contributed by atoms with Gasteiger partial charge in [0.1, 0.15) is 0 Å². The summed E-state index contributed by atoms with van der Waals surface area (Å²) in [5.74, 6) is -0.858. The average molecular weight is 256 g/mol. The van der Waals surface area contributed by atoms with Gasteiger partial charge in [-0.05, 0) is 13.3 Å². The number of nitrogens with one attached hydrogen (secondary N) is 1. The molecule has 0 radical (unpaired) electrons. The minimum atomic E-state index is -0.737. The van der Waals surface area contributed by atoms with Gasteiger partial charge in [0.25, 0.3) is 5.56 Å². The summed E-state index contributed by atoms with van der Waals surface area (Å²) in [6.45, 7) is 3.58. The molecule has 0 saturated carbocycles. The van der Waals surface area contributed by atoms with Crippen molar-refractivity contribution >= 4 is 5.97 Å². The molecule has 1 heterocycles. The fourth-order valence-corrected chi connectivity index (χ4v) is 1.56. The highest BCUT2D eigenvalue weighted by Gasteiger charge is 2.13. The second-order valence-corrected chi connectivity index (χ2v) is 3.62. The molecule has 0 saturated heterocycles. The van der Waals surface area contributed by atoms with Crippen LogP contribution in [0.5, 0.6) is 5.88 Å². The van der Waals surface area contributed by atoms with E-state index in [1.54, 1.807) is 13.8 Å². The molecule has 7 nitrogen and oxygen atoms in total. The largest absolute Gasteiger partial charge is 0.494 e. The monoisotopic (exact) mass is 256 g/mol. The van der Waals surface area contributed by atoms with Crippen molar-refractivity contribution in [1.29, 1.82) is 0 Å². The second-order valence-electron chi connectivity index (χ2n) is 3.62. The Morgan fingerprint density at radius 1 is 1.39 bits per heavy atom. The number of rotatable bonds is 5. The van der Waals surface area contributed by atoms with E-state index >= 15 is 0 Å². The highest BCUT2D eigenvalue weighted by molar-refractivity contribution is 5.69. The van der Waals surface area contributed by atoms with E-state index in [1.165, 1.54) is 0 Å².